The number of hydrogen-bond donors (Lipinski definition) is 2. The minimum atomic E-state index is -1.01. The maximum Gasteiger partial charge on any atom is 0.110 e. The summed E-state index contributed by atoms with van der Waals surface area (Å²) in [5, 5.41) is 19.7. The molecule has 0 aliphatic carbocycles. The Bertz CT molecular complexity index is 609. The number of halogens is 2. The molecule has 0 aliphatic heterocycles. The summed E-state index contributed by atoms with van der Waals surface area (Å²) in [6, 6.07) is 9.50. The molecule has 0 amide bonds. The zero-order valence-corrected chi connectivity index (χ0v) is 13.4. The molecule has 4 nitrogen and oxygen atoms in total. The molecule has 0 fully saturated rings. The van der Waals surface area contributed by atoms with Crippen molar-refractivity contribution in [2.75, 3.05) is 0 Å². The Labute approximate surface area is 133 Å². The topological polar surface area (TPSA) is 61.8 Å². The SMILES string of the molecule is CC(O)=C(C)C(Cl)(c1ccccc1)C(Cl)Cc1cn[nH]n1. The van der Waals surface area contributed by atoms with Gasteiger partial charge in [0.05, 0.1) is 23.0 Å². The van der Waals surface area contributed by atoms with Crippen LogP contribution < -0.4 is 0 Å². The van der Waals surface area contributed by atoms with Crippen LogP contribution in [0.25, 0.3) is 0 Å². The van der Waals surface area contributed by atoms with Crippen LogP contribution in [0.3, 0.4) is 0 Å². The monoisotopic (exact) mass is 325 g/mol. The van der Waals surface area contributed by atoms with Gasteiger partial charge < -0.3 is 5.11 Å². The van der Waals surface area contributed by atoms with Crippen molar-refractivity contribution in [3.05, 3.63) is 59.1 Å². The summed E-state index contributed by atoms with van der Waals surface area (Å²) in [6.45, 7) is 3.39. The number of H-pyrrole nitrogens is 1. The maximum atomic E-state index is 9.90. The Kier molecular flexibility index (Phi) is 4.91. The highest BCUT2D eigenvalue weighted by Gasteiger charge is 2.41. The van der Waals surface area contributed by atoms with Crippen molar-refractivity contribution in [3.8, 4) is 0 Å². The third-order valence-electron chi connectivity index (χ3n) is 3.57. The lowest BCUT2D eigenvalue weighted by molar-refractivity contribution is 0.396. The third-order valence-corrected chi connectivity index (χ3v) is 4.93. The van der Waals surface area contributed by atoms with E-state index in [-0.39, 0.29) is 5.76 Å². The zero-order chi connectivity index (χ0) is 15.5. The van der Waals surface area contributed by atoms with E-state index in [1.54, 1.807) is 20.0 Å². The van der Waals surface area contributed by atoms with Crippen LogP contribution >= 0.6 is 23.2 Å². The summed E-state index contributed by atoms with van der Waals surface area (Å²) in [5.41, 5.74) is 2.18. The van der Waals surface area contributed by atoms with Crippen LogP contribution in [-0.4, -0.2) is 25.9 Å². The number of nitrogens with one attached hydrogen (secondary N) is 1. The van der Waals surface area contributed by atoms with Crippen molar-refractivity contribution in [2.45, 2.75) is 30.5 Å². The quantitative estimate of drug-likeness (QED) is 0.646. The van der Waals surface area contributed by atoms with Crippen molar-refractivity contribution in [2.24, 2.45) is 0 Å². The number of aliphatic hydroxyl groups is 1. The molecule has 21 heavy (non-hydrogen) atoms. The molecule has 2 N–H and O–H groups in total. The molecular formula is C15H17Cl2N3O. The molecule has 1 aromatic carbocycles. The first-order valence-electron chi connectivity index (χ1n) is 6.56. The summed E-state index contributed by atoms with van der Waals surface area (Å²) in [6.07, 6.45) is 2.05. The summed E-state index contributed by atoms with van der Waals surface area (Å²) in [5.74, 6) is 0.166. The molecule has 1 aromatic heterocycles. The summed E-state index contributed by atoms with van der Waals surface area (Å²) >= 11 is 13.5. The number of benzene rings is 1. The molecule has 0 radical (unpaired) electrons. The molecule has 6 heteroatoms. The highest BCUT2D eigenvalue weighted by molar-refractivity contribution is 6.34. The fourth-order valence-corrected chi connectivity index (χ4v) is 3.01. The fraction of sp³-hybridized carbons (Fsp3) is 0.333. The first-order valence-corrected chi connectivity index (χ1v) is 7.37. The highest BCUT2D eigenvalue weighted by Crippen LogP contribution is 2.44. The molecule has 0 aliphatic rings. The van der Waals surface area contributed by atoms with Crippen molar-refractivity contribution < 1.29 is 5.11 Å². The molecule has 2 unspecified atom stereocenters. The molecule has 2 aromatic rings. The molecule has 0 bridgehead atoms. The molecule has 112 valence electrons. The Morgan fingerprint density at radius 3 is 2.52 bits per heavy atom. The van der Waals surface area contributed by atoms with Crippen molar-refractivity contribution in [3.63, 3.8) is 0 Å². The van der Waals surface area contributed by atoms with E-state index in [2.05, 4.69) is 15.4 Å². The van der Waals surface area contributed by atoms with Gasteiger partial charge in [0.2, 0.25) is 0 Å². The predicted molar refractivity (Wildman–Crippen MR) is 84.7 cm³/mol. The molecule has 0 saturated heterocycles. The second-order valence-electron chi connectivity index (χ2n) is 4.92. The van der Waals surface area contributed by atoms with Crippen LogP contribution in [0.1, 0.15) is 25.1 Å². The van der Waals surface area contributed by atoms with Gasteiger partial charge in [0.1, 0.15) is 4.87 Å². The van der Waals surface area contributed by atoms with Gasteiger partial charge in [0.25, 0.3) is 0 Å². The average Bonchev–Trinajstić information content (AvgIpc) is 2.99. The van der Waals surface area contributed by atoms with E-state index in [0.29, 0.717) is 12.0 Å². The molecule has 2 atom stereocenters. The van der Waals surface area contributed by atoms with E-state index in [0.717, 1.165) is 11.3 Å². The van der Waals surface area contributed by atoms with Gasteiger partial charge in [0, 0.05) is 6.42 Å². The lowest BCUT2D eigenvalue weighted by Crippen LogP contribution is -2.34. The Morgan fingerprint density at radius 1 is 1.33 bits per heavy atom. The lowest BCUT2D eigenvalue weighted by atomic mass is 9.85. The van der Waals surface area contributed by atoms with Crippen LogP contribution in [0.15, 0.2) is 47.9 Å². The summed E-state index contributed by atoms with van der Waals surface area (Å²) < 4.78 is 0. The Hall–Kier alpha value is -1.52. The van der Waals surface area contributed by atoms with Gasteiger partial charge in [-0.1, -0.05) is 30.3 Å². The molecule has 2 rings (SSSR count). The van der Waals surface area contributed by atoms with Gasteiger partial charge in [-0.25, -0.2) is 0 Å². The number of nitrogens with zero attached hydrogens (tertiary/aromatic N) is 2. The minimum absolute atomic E-state index is 0.166. The first kappa shape index (κ1) is 15.9. The average molecular weight is 326 g/mol. The van der Waals surface area contributed by atoms with Crippen LogP contribution in [0, 0.1) is 0 Å². The van der Waals surface area contributed by atoms with Gasteiger partial charge in [-0.3, -0.25) is 0 Å². The van der Waals surface area contributed by atoms with Gasteiger partial charge >= 0.3 is 0 Å². The van der Waals surface area contributed by atoms with Gasteiger partial charge in [-0.05, 0) is 25.0 Å². The standard InChI is InChI=1S/C15H17Cl2N3O/c1-10(11(2)21)15(17,12-6-4-3-5-7-12)14(16)8-13-9-18-20-19-13/h3-7,9,14,21H,8H2,1-2H3,(H,18,19,20). The predicted octanol–water partition coefficient (Wildman–Crippen LogP) is 3.94. The molecule has 0 saturated carbocycles. The van der Waals surface area contributed by atoms with E-state index < -0.39 is 10.3 Å². The summed E-state index contributed by atoms with van der Waals surface area (Å²) in [7, 11) is 0. The van der Waals surface area contributed by atoms with Crippen molar-refractivity contribution in [1.29, 1.82) is 0 Å². The third kappa shape index (κ3) is 3.22. The van der Waals surface area contributed by atoms with Crippen LogP contribution in [-0.2, 0) is 11.3 Å². The highest BCUT2D eigenvalue weighted by atomic mass is 35.5. The maximum absolute atomic E-state index is 9.90. The second kappa shape index (κ2) is 6.50. The van der Waals surface area contributed by atoms with Gasteiger partial charge in [-0.2, -0.15) is 15.4 Å². The number of aromatic amines is 1. The van der Waals surface area contributed by atoms with E-state index in [9.17, 15) is 5.11 Å². The van der Waals surface area contributed by atoms with Crippen LogP contribution in [0.5, 0.6) is 0 Å². The van der Waals surface area contributed by atoms with E-state index in [4.69, 9.17) is 23.2 Å². The molecule has 0 spiro atoms. The van der Waals surface area contributed by atoms with Crippen LogP contribution in [0.2, 0.25) is 0 Å². The number of rotatable bonds is 5. The minimum Gasteiger partial charge on any atom is -0.513 e. The second-order valence-corrected chi connectivity index (χ2v) is 6.04. The van der Waals surface area contributed by atoms with Gasteiger partial charge in [0.15, 0.2) is 0 Å². The van der Waals surface area contributed by atoms with E-state index in [1.165, 1.54) is 0 Å². The smallest absolute Gasteiger partial charge is 0.110 e. The zero-order valence-electron chi connectivity index (χ0n) is 11.8. The fourth-order valence-electron chi connectivity index (χ4n) is 2.22. The summed E-state index contributed by atoms with van der Waals surface area (Å²) in [4.78, 5) is -1.01. The van der Waals surface area contributed by atoms with E-state index in [1.807, 2.05) is 30.3 Å². The molecular weight excluding hydrogens is 309 g/mol. The van der Waals surface area contributed by atoms with Crippen molar-refractivity contribution in [1.82, 2.24) is 15.4 Å². The van der Waals surface area contributed by atoms with Gasteiger partial charge in [-0.15, -0.1) is 23.2 Å². The number of aromatic nitrogens is 3. The molecule has 1 heterocycles. The van der Waals surface area contributed by atoms with Crippen LogP contribution in [0.4, 0.5) is 0 Å². The van der Waals surface area contributed by atoms with Crippen molar-refractivity contribution >= 4 is 23.2 Å². The first-order chi connectivity index (χ1) is 9.96. The number of allylic oxidation sites excluding steroid dienone is 2. The number of hydrogen-bond acceptors (Lipinski definition) is 3. The lowest BCUT2D eigenvalue weighted by Gasteiger charge is -2.33. The largest absolute Gasteiger partial charge is 0.513 e. The normalized spacial score (nSPS) is 17.0. The number of alkyl halides is 2. The number of aliphatic hydroxyl groups excluding tert-OH is 1. The Balaban J connectivity index is 2.44. The van der Waals surface area contributed by atoms with E-state index >= 15 is 0 Å². The Morgan fingerprint density at radius 2 is 2.00 bits per heavy atom.